The monoisotopic (exact) mass is 430 g/mol. The second-order valence-electron chi connectivity index (χ2n) is 8.29. The van der Waals surface area contributed by atoms with Gasteiger partial charge >= 0.3 is 0 Å². The average Bonchev–Trinajstić information content (AvgIpc) is 2.69. The molecule has 1 N–H and O–H groups in total. The molecule has 1 aliphatic heterocycles. The molecule has 6 nitrogen and oxygen atoms in total. The van der Waals surface area contributed by atoms with E-state index < -0.39 is 10.0 Å². The largest absolute Gasteiger partial charge is 0.335 e. The van der Waals surface area contributed by atoms with Crippen molar-refractivity contribution >= 4 is 15.9 Å². The van der Waals surface area contributed by atoms with Crippen LogP contribution in [0, 0.1) is 20.8 Å². The van der Waals surface area contributed by atoms with Crippen molar-refractivity contribution in [2.45, 2.75) is 32.2 Å². The number of sulfonamides is 1. The fraction of sp³-hybridized carbons (Fsp3) is 0.435. The Morgan fingerprint density at radius 2 is 1.63 bits per heavy atom. The zero-order valence-electron chi connectivity index (χ0n) is 18.3. The summed E-state index contributed by atoms with van der Waals surface area (Å²) in [5.74, 6) is 0.0737. The maximum Gasteiger partial charge on any atom is 0.277 e. The maximum absolute atomic E-state index is 13.0. The molecule has 1 heterocycles. The first-order valence-electron chi connectivity index (χ1n) is 10.4. The number of likely N-dealkylation sites (N-methyl/N-ethyl adjacent to an activating group) is 1. The summed E-state index contributed by atoms with van der Waals surface area (Å²) in [6, 6.07) is 13.6. The van der Waals surface area contributed by atoms with Gasteiger partial charge in [0.15, 0.2) is 6.54 Å². The summed E-state index contributed by atoms with van der Waals surface area (Å²) in [7, 11) is -1.52. The molecule has 0 aliphatic carbocycles. The van der Waals surface area contributed by atoms with Crippen LogP contribution in [0.1, 0.15) is 22.3 Å². The van der Waals surface area contributed by atoms with Gasteiger partial charge in [0.2, 0.25) is 10.0 Å². The molecule has 1 unspecified atom stereocenters. The van der Waals surface area contributed by atoms with E-state index >= 15 is 0 Å². The highest BCUT2D eigenvalue weighted by atomic mass is 32.2. The second-order valence-corrected chi connectivity index (χ2v) is 10.2. The van der Waals surface area contributed by atoms with Gasteiger partial charge in [0.25, 0.3) is 5.91 Å². The van der Waals surface area contributed by atoms with Crippen LogP contribution in [0.3, 0.4) is 0 Å². The Hall–Kier alpha value is -2.22. The molecule has 1 aliphatic rings. The first kappa shape index (κ1) is 22.5. The number of amides is 1. The molecule has 30 heavy (non-hydrogen) atoms. The minimum atomic E-state index is -3.54. The van der Waals surface area contributed by atoms with Crippen molar-refractivity contribution in [1.29, 1.82) is 0 Å². The third-order valence-electron chi connectivity index (χ3n) is 5.75. The number of aryl methyl sites for hydroxylation is 3. The lowest BCUT2D eigenvalue weighted by Crippen LogP contribution is -3.09. The molecular weight excluding hydrogens is 398 g/mol. The lowest BCUT2D eigenvalue weighted by molar-refractivity contribution is -0.885. The molecule has 0 saturated carbocycles. The Morgan fingerprint density at radius 3 is 2.27 bits per heavy atom. The molecule has 0 bridgehead atoms. The minimum Gasteiger partial charge on any atom is -0.335 e. The van der Waals surface area contributed by atoms with Crippen molar-refractivity contribution < 1.29 is 18.1 Å². The molecule has 1 amide bonds. The number of carbonyl (C=O) groups is 1. The second kappa shape index (κ2) is 9.29. The summed E-state index contributed by atoms with van der Waals surface area (Å²) in [6.45, 7) is 8.58. The topological polar surface area (TPSA) is 62.1 Å². The molecule has 0 radical (unpaired) electrons. The Labute approximate surface area is 180 Å². The van der Waals surface area contributed by atoms with Gasteiger partial charge in [-0.25, -0.2) is 8.42 Å². The molecule has 1 saturated heterocycles. The van der Waals surface area contributed by atoms with E-state index in [1.807, 2.05) is 45.2 Å². The normalized spacial score (nSPS) is 16.5. The SMILES string of the molecule is Cc1ccc(S(=O)(=O)N2CCN(C(=O)C[NH+](C)Cc3ccccc3C)CC2)c(C)c1. The van der Waals surface area contributed by atoms with Crippen LogP contribution in [0.15, 0.2) is 47.4 Å². The van der Waals surface area contributed by atoms with Gasteiger partial charge in [0, 0.05) is 31.7 Å². The highest BCUT2D eigenvalue weighted by Crippen LogP contribution is 2.22. The number of piperazine rings is 1. The molecule has 2 aromatic rings. The third kappa shape index (κ3) is 5.09. The molecule has 2 aromatic carbocycles. The van der Waals surface area contributed by atoms with E-state index in [1.165, 1.54) is 15.4 Å². The Balaban J connectivity index is 1.57. The quantitative estimate of drug-likeness (QED) is 0.748. The fourth-order valence-corrected chi connectivity index (χ4v) is 5.60. The molecule has 0 spiro atoms. The van der Waals surface area contributed by atoms with E-state index in [1.54, 1.807) is 11.0 Å². The van der Waals surface area contributed by atoms with Crippen LogP contribution in [-0.2, 0) is 21.4 Å². The highest BCUT2D eigenvalue weighted by molar-refractivity contribution is 7.89. The lowest BCUT2D eigenvalue weighted by atomic mass is 10.1. The summed E-state index contributed by atoms with van der Waals surface area (Å²) in [5, 5.41) is 0. The molecule has 0 aromatic heterocycles. The summed E-state index contributed by atoms with van der Waals surface area (Å²) in [4.78, 5) is 16.0. The van der Waals surface area contributed by atoms with Crippen LogP contribution in [0.25, 0.3) is 0 Å². The number of rotatable bonds is 6. The van der Waals surface area contributed by atoms with E-state index in [2.05, 4.69) is 19.1 Å². The first-order valence-corrected chi connectivity index (χ1v) is 11.8. The average molecular weight is 431 g/mol. The van der Waals surface area contributed by atoms with Gasteiger partial charge in [0.1, 0.15) is 6.54 Å². The van der Waals surface area contributed by atoms with Crippen molar-refractivity contribution in [2.75, 3.05) is 39.8 Å². The number of nitrogens with one attached hydrogen (secondary N) is 1. The van der Waals surface area contributed by atoms with Crippen molar-refractivity contribution in [3.8, 4) is 0 Å². The van der Waals surface area contributed by atoms with Gasteiger partial charge in [0.05, 0.1) is 11.9 Å². The van der Waals surface area contributed by atoms with Crippen molar-refractivity contribution in [3.63, 3.8) is 0 Å². The standard InChI is InChI=1S/C23H31N3O3S/c1-18-9-10-22(20(3)15-18)30(28,29)26-13-11-25(12-14-26)23(27)17-24(4)16-21-8-6-5-7-19(21)2/h5-10,15H,11-14,16-17H2,1-4H3/p+1. The van der Waals surface area contributed by atoms with E-state index in [-0.39, 0.29) is 5.91 Å². The van der Waals surface area contributed by atoms with Crippen molar-refractivity contribution in [3.05, 3.63) is 64.7 Å². The van der Waals surface area contributed by atoms with Gasteiger partial charge in [-0.2, -0.15) is 4.31 Å². The number of benzene rings is 2. The summed E-state index contributed by atoms with van der Waals surface area (Å²) < 4.78 is 27.6. The number of nitrogens with zero attached hydrogens (tertiary/aromatic N) is 2. The lowest BCUT2D eigenvalue weighted by Gasteiger charge is -2.34. The Bertz CT molecular complexity index is 1010. The van der Waals surface area contributed by atoms with E-state index in [0.717, 1.165) is 22.6 Å². The summed E-state index contributed by atoms with van der Waals surface area (Å²) >= 11 is 0. The molecule has 3 rings (SSSR count). The van der Waals surface area contributed by atoms with Crippen LogP contribution in [0.2, 0.25) is 0 Å². The van der Waals surface area contributed by atoms with Crippen molar-refractivity contribution in [2.24, 2.45) is 0 Å². The smallest absolute Gasteiger partial charge is 0.277 e. The van der Waals surface area contributed by atoms with Crippen LogP contribution >= 0.6 is 0 Å². The Morgan fingerprint density at radius 1 is 0.967 bits per heavy atom. The van der Waals surface area contributed by atoms with E-state index in [0.29, 0.717) is 37.6 Å². The van der Waals surface area contributed by atoms with Crippen LogP contribution in [0.4, 0.5) is 0 Å². The summed E-state index contributed by atoms with van der Waals surface area (Å²) in [6.07, 6.45) is 0. The Kier molecular flexibility index (Phi) is 6.95. The van der Waals surface area contributed by atoms with Crippen LogP contribution < -0.4 is 4.90 Å². The molecule has 7 heteroatoms. The minimum absolute atomic E-state index is 0.0737. The van der Waals surface area contributed by atoms with E-state index in [9.17, 15) is 13.2 Å². The van der Waals surface area contributed by atoms with Gasteiger partial charge in [-0.1, -0.05) is 42.0 Å². The zero-order chi connectivity index (χ0) is 21.9. The third-order valence-corrected chi connectivity index (χ3v) is 7.80. The zero-order valence-corrected chi connectivity index (χ0v) is 19.1. The number of quaternary nitrogens is 1. The van der Waals surface area contributed by atoms with E-state index in [4.69, 9.17) is 0 Å². The number of hydrogen-bond acceptors (Lipinski definition) is 3. The molecule has 162 valence electrons. The van der Waals surface area contributed by atoms with Gasteiger partial charge in [-0.05, 0) is 38.0 Å². The first-order chi connectivity index (χ1) is 14.2. The molecule has 1 fully saturated rings. The van der Waals surface area contributed by atoms with Gasteiger partial charge in [-0.15, -0.1) is 0 Å². The van der Waals surface area contributed by atoms with Gasteiger partial charge < -0.3 is 9.80 Å². The van der Waals surface area contributed by atoms with Gasteiger partial charge in [-0.3, -0.25) is 4.79 Å². The highest BCUT2D eigenvalue weighted by Gasteiger charge is 2.31. The predicted octanol–water partition coefficient (Wildman–Crippen LogP) is 1.16. The predicted molar refractivity (Wildman–Crippen MR) is 118 cm³/mol. The number of hydrogen-bond donors (Lipinski definition) is 1. The number of carbonyl (C=O) groups excluding carboxylic acids is 1. The fourth-order valence-electron chi connectivity index (χ4n) is 3.97. The van der Waals surface area contributed by atoms with Crippen molar-refractivity contribution in [1.82, 2.24) is 9.21 Å². The van der Waals surface area contributed by atoms with Crippen LogP contribution in [-0.4, -0.2) is 63.3 Å². The molecule has 1 atom stereocenters. The van der Waals surface area contributed by atoms with Crippen LogP contribution in [0.5, 0.6) is 0 Å². The summed E-state index contributed by atoms with van der Waals surface area (Å²) in [5.41, 5.74) is 4.27. The maximum atomic E-state index is 13.0. The molecular formula is C23H32N3O3S+.